The highest BCUT2D eigenvalue weighted by Crippen LogP contribution is 2.43. The topological polar surface area (TPSA) is 78.4 Å². The normalized spacial score (nSPS) is 15.9. The summed E-state index contributed by atoms with van der Waals surface area (Å²) in [5.74, 6) is -1.04. The Hall–Kier alpha value is -1.56. The number of urea groups is 1. The Bertz CT molecular complexity index is 550. The smallest absolute Gasteiger partial charge is 0.336 e. The SMILES string of the molecule is CCC1(CNC(=O)Nc2ccc(Br)c(C(=O)O)c2)CCC1. The van der Waals surface area contributed by atoms with Crippen LogP contribution in [0, 0.1) is 5.41 Å². The maximum atomic E-state index is 11.9. The van der Waals surface area contributed by atoms with Gasteiger partial charge in [-0.2, -0.15) is 0 Å². The van der Waals surface area contributed by atoms with E-state index in [4.69, 9.17) is 5.11 Å². The van der Waals surface area contributed by atoms with Gasteiger partial charge in [0.25, 0.3) is 0 Å². The molecule has 2 amide bonds. The zero-order chi connectivity index (χ0) is 15.5. The Balaban J connectivity index is 1.93. The first-order valence-electron chi connectivity index (χ1n) is 7.03. The summed E-state index contributed by atoms with van der Waals surface area (Å²) < 4.78 is 0.486. The second-order valence-electron chi connectivity index (χ2n) is 5.51. The highest BCUT2D eigenvalue weighted by molar-refractivity contribution is 9.10. The summed E-state index contributed by atoms with van der Waals surface area (Å²) in [4.78, 5) is 22.9. The number of benzene rings is 1. The third-order valence-corrected chi connectivity index (χ3v) is 4.93. The van der Waals surface area contributed by atoms with Crippen LogP contribution in [0.15, 0.2) is 22.7 Å². The van der Waals surface area contributed by atoms with E-state index in [-0.39, 0.29) is 17.0 Å². The van der Waals surface area contributed by atoms with Gasteiger partial charge in [0.15, 0.2) is 0 Å². The Morgan fingerprint density at radius 1 is 1.38 bits per heavy atom. The molecule has 1 aromatic carbocycles. The van der Waals surface area contributed by atoms with Gasteiger partial charge in [-0.3, -0.25) is 0 Å². The van der Waals surface area contributed by atoms with Gasteiger partial charge in [0.05, 0.1) is 5.56 Å². The Labute approximate surface area is 132 Å². The van der Waals surface area contributed by atoms with Gasteiger partial charge < -0.3 is 15.7 Å². The molecule has 0 aliphatic heterocycles. The fourth-order valence-corrected chi connectivity index (χ4v) is 2.96. The zero-order valence-corrected chi connectivity index (χ0v) is 13.5. The molecule has 114 valence electrons. The molecule has 0 unspecified atom stereocenters. The highest BCUT2D eigenvalue weighted by Gasteiger charge is 2.35. The van der Waals surface area contributed by atoms with E-state index in [2.05, 4.69) is 33.5 Å². The number of carbonyl (C=O) groups is 2. The number of carboxylic acids is 1. The summed E-state index contributed by atoms with van der Waals surface area (Å²) in [5.41, 5.74) is 0.840. The lowest BCUT2D eigenvalue weighted by atomic mass is 9.67. The molecule has 0 saturated heterocycles. The number of hydrogen-bond donors (Lipinski definition) is 3. The van der Waals surface area contributed by atoms with Crippen molar-refractivity contribution in [3.63, 3.8) is 0 Å². The number of amides is 2. The standard InChI is InChI=1S/C15H19BrN2O3/c1-2-15(6-3-7-15)9-17-14(21)18-10-4-5-12(16)11(8-10)13(19)20/h4-5,8H,2-3,6-7,9H2,1H3,(H,19,20)(H2,17,18,21). The molecule has 2 rings (SSSR count). The average molecular weight is 355 g/mol. The number of carboxylic acid groups (broad SMARTS) is 1. The minimum absolute atomic E-state index is 0.122. The summed E-state index contributed by atoms with van der Waals surface area (Å²) in [5, 5.41) is 14.6. The van der Waals surface area contributed by atoms with E-state index in [1.807, 2.05) is 0 Å². The van der Waals surface area contributed by atoms with Crippen LogP contribution in [-0.2, 0) is 0 Å². The Kier molecular flexibility index (Phi) is 4.88. The summed E-state index contributed by atoms with van der Waals surface area (Å²) >= 11 is 3.17. The molecule has 6 heteroatoms. The fraction of sp³-hybridized carbons (Fsp3) is 0.467. The molecule has 1 fully saturated rings. The third kappa shape index (κ3) is 3.75. The molecule has 1 aromatic rings. The first kappa shape index (κ1) is 15.8. The molecular formula is C15H19BrN2O3. The maximum absolute atomic E-state index is 11.9. The number of halogens is 1. The van der Waals surface area contributed by atoms with Crippen LogP contribution in [0.1, 0.15) is 43.0 Å². The van der Waals surface area contributed by atoms with Crippen LogP contribution < -0.4 is 10.6 Å². The molecule has 1 aliphatic carbocycles. The van der Waals surface area contributed by atoms with Crippen molar-refractivity contribution >= 4 is 33.6 Å². The number of anilines is 1. The second-order valence-corrected chi connectivity index (χ2v) is 6.37. The van der Waals surface area contributed by atoms with E-state index < -0.39 is 5.97 Å². The number of hydrogen-bond acceptors (Lipinski definition) is 2. The van der Waals surface area contributed by atoms with Crippen molar-refractivity contribution in [1.82, 2.24) is 5.32 Å². The van der Waals surface area contributed by atoms with E-state index in [0.29, 0.717) is 16.7 Å². The van der Waals surface area contributed by atoms with Crippen LogP contribution in [0.2, 0.25) is 0 Å². The van der Waals surface area contributed by atoms with Gasteiger partial charge in [-0.05, 0) is 58.8 Å². The van der Waals surface area contributed by atoms with Crippen molar-refractivity contribution in [2.24, 2.45) is 5.41 Å². The summed E-state index contributed by atoms with van der Waals surface area (Å²) in [6.45, 7) is 2.81. The van der Waals surface area contributed by atoms with Gasteiger partial charge in [0.1, 0.15) is 0 Å². The number of carbonyl (C=O) groups excluding carboxylic acids is 1. The van der Waals surface area contributed by atoms with E-state index in [9.17, 15) is 9.59 Å². The monoisotopic (exact) mass is 354 g/mol. The van der Waals surface area contributed by atoms with Gasteiger partial charge in [0.2, 0.25) is 0 Å². The maximum Gasteiger partial charge on any atom is 0.336 e. The largest absolute Gasteiger partial charge is 0.478 e. The Morgan fingerprint density at radius 2 is 2.10 bits per heavy atom. The van der Waals surface area contributed by atoms with Crippen LogP contribution in [0.4, 0.5) is 10.5 Å². The molecule has 0 spiro atoms. The van der Waals surface area contributed by atoms with Crippen LogP contribution in [-0.4, -0.2) is 23.7 Å². The van der Waals surface area contributed by atoms with E-state index >= 15 is 0 Å². The highest BCUT2D eigenvalue weighted by atomic mass is 79.9. The zero-order valence-electron chi connectivity index (χ0n) is 11.9. The van der Waals surface area contributed by atoms with Crippen LogP contribution in [0.25, 0.3) is 0 Å². The molecular weight excluding hydrogens is 336 g/mol. The van der Waals surface area contributed by atoms with Crippen LogP contribution in [0.3, 0.4) is 0 Å². The van der Waals surface area contributed by atoms with Gasteiger partial charge in [0, 0.05) is 16.7 Å². The quantitative estimate of drug-likeness (QED) is 0.751. The lowest BCUT2D eigenvalue weighted by molar-refractivity contribution is 0.0696. The van der Waals surface area contributed by atoms with Gasteiger partial charge in [-0.15, -0.1) is 0 Å². The first-order chi connectivity index (χ1) is 9.96. The molecule has 5 nitrogen and oxygen atoms in total. The fourth-order valence-electron chi connectivity index (χ4n) is 2.54. The molecule has 0 radical (unpaired) electrons. The first-order valence-corrected chi connectivity index (χ1v) is 7.83. The van der Waals surface area contributed by atoms with Gasteiger partial charge in [-0.25, -0.2) is 9.59 Å². The predicted molar refractivity (Wildman–Crippen MR) is 84.7 cm³/mol. The number of nitrogens with one attached hydrogen (secondary N) is 2. The van der Waals surface area contributed by atoms with Crippen LogP contribution >= 0.6 is 15.9 Å². The minimum Gasteiger partial charge on any atom is -0.478 e. The van der Waals surface area contributed by atoms with Crippen LogP contribution in [0.5, 0.6) is 0 Å². The lowest BCUT2D eigenvalue weighted by Crippen LogP contribution is -2.43. The molecule has 3 N–H and O–H groups in total. The minimum atomic E-state index is -1.04. The molecule has 1 aliphatic rings. The number of aromatic carboxylic acids is 1. The van der Waals surface area contributed by atoms with E-state index in [1.165, 1.54) is 12.5 Å². The van der Waals surface area contributed by atoms with Crippen molar-refractivity contribution in [3.8, 4) is 0 Å². The summed E-state index contributed by atoms with van der Waals surface area (Å²) in [6, 6.07) is 4.41. The van der Waals surface area contributed by atoms with Crippen molar-refractivity contribution < 1.29 is 14.7 Å². The van der Waals surface area contributed by atoms with Crippen molar-refractivity contribution in [1.29, 1.82) is 0 Å². The van der Waals surface area contributed by atoms with Crippen molar-refractivity contribution in [2.75, 3.05) is 11.9 Å². The molecule has 1 saturated carbocycles. The molecule has 21 heavy (non-hydrogen) atoms. The molecule has 0 atom stereocenters. The van der Waals surface area contributed by atoms with Crippen molar-refractivity contribution in [2.45, 2.75) is 32.6 Å². The average Bonchev–Trinajstić information content (AvgIpc) is 2.40. The molecule has 0 aromatic heterocycles. The van der Waals surface area contributed by atoms with Gasteiger partial charge >= 0.3 is 12.0 Å². The Morgan fingerprint density at radius 3 is 2.62 bits per heavy atom. The van der Waals surface area contributed by atoms with Gasteiger partial charge in [-0.1, -0.05) is 13.3 Å². The predicted octanol–water partition coefficient (Wildman–Crippen LogP) is 3.85. The summed E-state index contributed by atoms with van der Waals surface area (Å²) in [7, 11) is 0. The third-order valence-electron chi connectivity index (χ3n) is 4.24. The molecule has 0 bridgehead atoms. The van der Waals surface area contributed by atoms with E-state index in [1.54, 1.807) is 12.1 Å². The van der Waals surface area contributed by atoms with Crippen molar-refractivity contribution in [3.05, 3.63) is 28.2 Å². The molecule has 0 heterocycles. The second kappa shape index (κ2) is 6.47. The summed E-state index contributed by atoms with van der Waals surface area (Å²) in [6.07, 6.45) is 4.61. The number of rotatable bonds is 5. The lowest BCUT2D eigenvalue weighted by Gasteiger charge is -2.41. The van der Waals surface area contributed by atoms with E-state index in [0.717, 1.165) is 19.3 Å².